The van der Waals surface area contributed by atoms with Crippen molar-refractivity contribution in [3.05, 3.63) is 22.4 Å². The van der Waals surface area contributed by atoms with Crippen LogP contribution in [-0.2, 0) is 6.54 Å². The predicted octanol–water partition coefficient (Wildman–Crippen LogP) is 2.18. The van der Waals surface area contributed by atoms with E-state index in [1.807, 2.05) is 11.3 Å². The Morgan fingerprint density at radius 2 is 2.53 bits per heavy atom. The fraction of sp³-hybridized carbons (Fsp3) is 0.667. The van der Waals surface area contributed by atoms with Gasteiger partial charge in [-0.2, -0.15) is 0 Å². The van der Waals surface area contributed by atoms with Crippen molar-refractivity contribution in [2.75, 3.05) is 26.7 Å². The summed E-state index contributed by atoms with van der Waals surface area (Å²) in [6.07, 6.45) is 2.75. The molecule has 1 N–H and O–H groups in total. The fourth-order valence-corrected chi connectivity index (χ4v) is 2.93. The molecule has 84 valence electrons. The van der Waals surface area contributed by atoms with Crippen LogP contribution in [0.4, 0.5) is 0 Å². The molecule has 1 aromatic rings. The van der Waals surface area contributed by atoms with E-state index in [-0.39, 0.29) is 0 Å². The first-order chi connectivity index (χ1) is 7.34. The Kier molecular flexibility index (Phi) is 4.18. The predicted molar refractivity (Wildman–Crippen MR) is 66.2 cm³/mol. The van der Waals surface area contributed by atoms with Crippen molar-refractivity contribution in [3.8, 4) is 0 Å². The van der Waals surface area contributed by atoms with E-state index in [2.05, 4.69) is 34.8 Å². The highest BCUT2D eigenvalue weighted by Crippen LogP contribution is 2.14. The Hall–Kier alpha value is -0.380. The molecule has 0 aliphatic carbocycles. The molecule has 15 heavy (non-hydrogen) atoms. The number of thiophene rings is 1. The zero-order valence-corrected chi connectivity index (χ0v) is 10.2. The van der Waals surface area contributed by atoms with E-state index in [1.54, 1.807) is 0 Å². The number of piperidine rings is 1. The highest BCUT2D eigenvalue weighted by Gasteiger charge is 2.16. The highest BCUT2D eigenvalue weighted by molar-refractivity contribution is 7.09. The molecule has 0 saturated carbocycles. The lowest BCUT2D eigenvalue weighted by Gasteiger charge is -2.29. The summed E-state index contributed by atoms with van der Waals surface area (Å²) in [5, 5.41) is 5.71. The first-order valence-corrected chi connectivity index (χ1v) is 6.64. The molecule has 1 saturated heterocycles. The second-order valence-corrected chi connectivity index (χ2v) is 5.51. The van der Waals surface area contributed by atoms with Crippen molar-refractivity contribution in [3.63, 3.8) is 0 Å². The Morgan fingerprint density at radius 1 is 1.60 bits per heavy atom. The van der Waals surface area contributed by atoms with E-state index >= 15 is 0 Å². The van der Waals surface area contributed by atoms with Gasteiger partial charge in [-0.15, -0.1) is 11.3 Å². The molecule has 1 atom stereocenters. The summed E-state index contributed by atoms with van der Waals surface area (Å²) in [6, 6.07) is 4.32. The summed E-state index contributed by atoms with van der Waals surface area (Å²) >= 11 is 1.84. The third kappa shape index (κ3) is 3.59. The summed E-state index contributed by atoms with van der Waals surface area (Å²) in [7, 11) is 2.23. The lowest BCUT2D eigenvalue weighted by Crippen LogP contribution is -2.37. The van der Waals surface area contributed by atoms with E-state index in [1.165, 1.54) is 37.4 Å². The minimum absolute atomic E-state index is 0.851. The Labute approximate surface area is 96.3 Å². The monoisotopic (exact) mass is 224 g/mol. The van der Waals surface area contributed by atoms with Crippen LogP contribution in [0.25, 0.3) is 0 Å². The van der Waals surface area contributed by atoms with Gasteiger partial charge in [0.15, 0.2) is 0 Å². The van der Waals surface area contributed by atoms with Gasteiger partial charge in [0, 0.05) is 18.0 Å². The molecule has 0 bridgehead atoms. The van der Waals surface area contributed by atoms with Gasteiger partial charge in [-0.1, -0.05) is 6.07 Å². The highest BCUT2D eigenvalue weighted by atomic mass is 32.1. The Morgan fingerprint density at radius 3 is 3.27 bits per heavy atom. The maximum Gasteiger partial charge on any atom is 0.0299 e. The molecule has 0 unspecified atom stereocenters. The van der Waals surface area contributed by atoms with Gasteiger partial charge in [-0.3, -0.25) is 0 Å². The number of likely N-dealkylation sites (tertiary alicyclic amines) is 1. The minimum Gasteiger partial charge on any atom is -0.312 e. The van der Waals surface area contributed by atoms with Crippen molar-refractivity contribution in [2.45, 2.75) is 19.4 Å². The normalized spacial score (nSPS) is 23.1. The van der Waals surface area contributed by atoms with Gasteiger partial charge in [0.25, 0.3) is 0 Å². The van der Waals surface area contributed by atoms with Crippen molar-refractivity contribution in [1.82, 2.24) is 10.2 Å². The van der Waals surface area contributed by atoms with Crippen LogP contribution >= 0.6 is 11.3 Å². The van der Waals surface area contributed by atoms with Gasteiger partial charge in [0.05, 0.1) is 0 Å². The van der Waals surface area contributed by atoms with Gasteiger partial charge >= 0.3 is 0 Å². The first kappa shape index (κ1) is 11.1. The van der Waals surface area contributed by atoms with Crippen molar-refractivity contribution < 1.29 is 0 Å². The molecule has 0 aromatic carbocycles. The maximum atomic E-state index is 3.56. The fourth-order valence-electron chi connectivity index (χ4n) is 2.25. The quantitative estimate of drug-likeness (QED) is 0.843. The van der Waals surface area contributed by atoms with Gasteiger partial charge in [-0.25, -0.2) is 0 Å². The van der Waals surface area contributed by atoms with Crippen molar-refractivity contribution in [2.24, 2.45) is 5.92 Å². The number of hydrogen-bond donors (Lipinski definition) is 1. The number of rotatable bonds is 4. The standard InChI is InChI=1S/C12H20N2S/c1-14-6-2-4-11(10-14)8-13-9-12-5-3-7-15-12/h3,5,7,11,13H,2,4,6,8-10H2,1H3/t11-/m0/s1. The SMILES string of the molecule is CN1CCC[C@@H](CNCc2cccs2)C1. The summed E-state index contributed by atoms with van der Waals surface area (Å²) in [5.74, 6) is 0.851. The van der Waals surface area contributed by atoms with Crippen LogP contribution in [0.5, 0.6) is 0 Å². The summed E-state index contributed by atoms with van der Waals surface area (Å²) in [6.45, 7) is 4.75. The molecule has 1 aliphatic rings. The third-order valence-corrected chi connectivity index (χ3v) is 3.91. The third-order valence-electron chi connectivity index (χ3n) is 3.03. The van der Waals surface area contributed by atoms with Crippen LogP contribution in [0.15, 0.2) is 17.5 Å². The van der Waals surface area contributed by atoms with Crippen LogP contribution in [0.2, 0.25) is 0 Å². The maximum absolute atomic E-state index is 3.56. The Balaban J connectivity index is 1.65. The van der Waals surface area contributed by atoms with Crippen LogP contribution in [0.1, 0.15) is 17.7 Å². The summed E-state index contributed by atoms with van der Waals surface area (Å²) < 4.78 is 0. The van der Waals surface area contributed by atoms with Gasteiger partial charge in [0.1, 0.15) is 0 Å². The number of nitrogens with one attached hydrogen (secondary N) is 1. The van der Waals surface area contributed by atoms with E-state index in [4.69, 9.17) is 0 Å². The zero-order valence-electron chi connectivity index (χ0n) is 9.41. The molecule has 3 heteroatoms. The molecule has 1 aliphatic heterocycles. The molecule has 1 aromatic heterocycles. The molecule has 0 spiro atoms. The van der Waals surface area contributed by atoms with E-state index in [0.29, 0.717) is 0 Å². The van der Waals surface area contributed by atoms with Gasteiger partial charge in [0.2, 0.25) is 0 Å². The minimum atomic E-state index is 0.851. The average Bonchev–Trinajstić information content (AvgIpc) is 2.71. The lowest BCUT2D eigenvalue weighted by atomic mass is 9.98. The number of hydrogen-bond acceptors (Lipinski definition) is 3. The molecule has 2 nitrogen and oxygen atoms in total. The van der Waals surface area contributed by atoms with E-state index in [0.717, 1.165) is 12.5 Å². The Bertz CT molecular complexity index is 271. The smallest absolute Gasteiger partial charge is 0.0299 e. The van der Waals surface area contributed by atoms with Crippen LogP contribution in [0, 0.1) is 5.92 Å². The molecule has 0 amide bonds. The molecular weight excluding hydrogens is 204 g/mol. The van der Waals surface area contributed by atoms with Gasteiger partial charge in [-0.05, 0) is 50.3 Å². The molecular formula is C12H20N2S. The zero-order chi connectivity index (χ0) is 10.5. The van der Waals surface area contributed by atoms with E-state index < -0.39 is 0 Å². The summed E-state index contributed by atoms with van der Waals surface area (Å²) in [5.41, 5.74) is 0. The largest absolute Gasteiger partial charge is 0.312 e. The van der Waals surface area contributed by atoms with Crippen LogP contribution < -0.4 is 5.32 Å². The average molecular weight is 224 g/mol. The van der Waals surface area contributed by atoms with Gasteiger partial charge < -0.3 is 10.2 Å². The lowest BCUT2D eigenvalue weighted by molar-refractivity contribution is 0.206. The first-order valence-electron chi connectivity index (χ1n) is 5.76. The molecule has 2 rings (SSSR count). The van der Waals surface area contributed by atoms with Crippen LogP contribution in [-0.4, -0.2) is 31.6 Å². The van der Waals surface area contributed by atoms with E-state index in [9.17, 15) is 0 Å². The molecule has 1 fully saturated rings. The summed E-state index contributed by atoms with van der Waals surface area (Å²) in [4.78, 5) is 3.89. The second-order valence-electron chi connectivity index (χ2n) is 4.48. The molecule has 0 radical (unpaired) electrons. The number of nitrogens with zero attached hydrogens (tertiary/aromatic N) is 1. The van der Waals surface area contributed by atoms with Crippen molar-refractivity contribution in [1.29, 1.82) is 0 Å². The molecule has 2 heterocycles. The van der Waals surface area contributed by atoms with Crippen LogP contribution in [0.3, 0.4) is 0 Å². The second kappa shape index (κ2) is 5.64. The topological polar surface area (TPSA) is 15.3 Å². The van der Waals surface area contributed by atoms with Crippen molar-refractivity contribution >= 4 is 11.3 Å².